The van der Waals surface area contributed by atoms with Crippen LogP contribution < -0.4 is 0 Å². The average Bonchev–Trinajstić information content (AvgIpc) is 2.95. The van der Waals surface area contributed by atoms with E-state index in [9.17, 15) is 9.59 Å². The summed E-state index contributed by atoms with van der Waals surface area (Å²) < 4.78 is 11.4. The third-order valence-corrected chi connectivity index (χ3v) is 2.91. The zero-order chi connectivity index (χ0) is 18.4. The van der Waals surface area contributed by atoms with Gasteiger partial charge in [0.1, 0.15) is 5.60 Å². The van der Waals surface area contributed by atoms with E-state index in [1.165, 1.54) is 4.68 Å². The second-order valence-corrected chi connectivity index (χ2v) is 6.24. The molecule has 8 nitrogen and oxygen atoms in total. The summed E-state index contributed by atoms with van der Waals surface area (Å²) in [5.41, 5.74) is 0.206. The van der Waals surface area contributed by atoms with E-state index < -0.39 is 24.1 Å². The number of hydrogen-bond donors (Lipinski definition) is 0. The lowest BCUT2D eigenvalue weighted by Gasteiger charge is -2.19. The van der Waals surface area contributed by atoms with Crippen molar-refractivity contribution in [1.29, 1.82) is 0 Å². The molecule has 0 aliphatic rings. The van der Waals surface area contributed by atoms with Gasteiger partial charge >= 0.3 is 11.9 Å². The molecular weight excluding hydrogens is 324 g/mol. The van der Waals surface area contributed by atoms with Crippen LogP contribution in [0.2, 0.25) is 0 Å². The first-order valence-corrected chi connectivity index (χ1v) is 7.67. The SMILES string of the molecule is Cc1nnnn1/C(=C\c1ccccc1)C(=O)OCC(=O)OC(C)(C)C. The molecule has 2 aromatic rings. The van der Waals surface area contributed by atoms with Crippen LogP contribution in [0.5, 0.6) is 0 Å². The highest BCUT2D eigenvalue weighted by atomic mass is 16.6. The molecular formula is C17H20N4O4. The zero-order valence-corrected chi connectivity index (χ0v) is 14.6. The summed E-state index contributed by atoms with van der Waals surface area (Å²) in [6.45, 7) is 6.36. The van der Waals surface area contributed by atoms with E-state index in [1.807, 2.05) is 30.3 Å². The lowest BCUT2D eigenvalue weighted by Crippen LogP contribution is -2.28. The van der Waals surface area contributed by atoms with Crippen molar-refractivity contribution in [3.05, 3.63) is 41.7 Å². The first kappa shape index (κ1) is 18.3. The van der Waals surface area contributed by atoms with E-state index in [-0.39, 0.29) is 5.70 Å². The van der Waals surface area contributed by atoms with Crippen molar-refractivity contribution in [3.8, 4) is 0 Å². The normalized spacial score (nSPS) is 11.9. The molecule has 0 saturated carbocycles. The van der Waals surface area contributed by atoms with Gasteiger partial charge in [-0.1, -0.05) is 30.3 Å². The molecule has 0 N–H and O–H groups in total. The maximum atomic E-state index is 12.5. The molecule has 25 heavy (non-hydrogen) atoms. The van der Waals surface area contributed by atoms with E-state index in [1.54, 1.807) is 33.8 Å². The molecule has 1 heterocycles. The second-order valence-electron chi connectivity index (χ2n) is 6.24. The Morgan fingerprint density at radius 2 is 1.88 bits per heavy atom. The fraction of sp³-hybridized carbons (Fsp3) is 0.353. The molecule has 0 fully saturated rings. The number of tetrazole rings is 1. The van der Waals surface area contributed by atoms with Crippen LogP contribution in [0.3, 0.4) is 0 Å². The minimum absolute atomic E-state index is 0.0947. The summed E-state index contributed by atoms with van der Waals surface area (Å²) >= 11 is 0. The van der Waals surface area contributed by atoms with Gasteiger partial charge in [0, 0.05) is 0 Å². The van der Waals surface area contributed by atoms with Crippen LogP contribution >= 0.6 is 0 Å². The van der Waals surface area contributed by atoms with Gasteiger partial charge in [-0.3, -0.25) is 0 Å². The number of hydrogen-bond acceptors (Lipinski definition) is 7. The summed E-state index contributed by atoms with van der Waals surface area (Å²) in [4.78, 5) is 24.2. The van der Waals surface area contributed by atoms with Crippen LogP contribution in [0.4, 0.5) is 0 Å². The number of nitrogens with zero attached hydrogens (tertiary/aromatic N) is 4. The maximum Gasteiger partial charge on any atom is 0.357 e. The molecule has 0 bridgehead atoms. The molecule has 132 valence electrons. The van der Waals surface area contributed by atoms with Gasteiger partial charge in [-0.2, -0.15) is 4.68 Å². The lowest BCUT2D eigenvalue weighted by molar-refractivity contribution is -0.164. The fourth-order valence-electron chi connectivity index (χ4n) is 1.94. The summed E-state index contributed by atoms with van der Waals surface area (Å²) in [6, 6.07) is 9.17. The molecule has 1 aromatic heterocycles. The zero-order valence-electron chi connectivity index (χ0n) is 14.6. The maximum absolute atomic E-state index is 12.5. The van der Waals surface area contributed by atoms with E-state index in [0.717, 1.165) is 5.56 Å². The van der Waals surface area contributed by atoms with Crippen molar-refractivity contribution in [2.24, 2.45) is 0 Å². The van der Waals surface area contributed by atoms with Crippen molar-refractivity contribution in [2.45, 2.75) is 33.3 Å². The summed E-state index contributed by atoms with van der Waals surface area (Å²) in [7, 11) is 0. The quantitative estimate of drug-likeness (QED) is 0.603. The van der Waals surface area contributed by atoms with Crippen molar-refractivity contribution in [2.75, 3.05) is 6.61 Å². The third kappa shape index (κ3) is 5.52. The predicted octanol–water partition coefficient (Wildman–Crippen LogP) is 1.86. The van der Waals surface area contributed by atoms with Crippen molar-refractivity contribution in [3.63, 3.8) is 0 Å². The van der Waals surface area contributed by atoms with Crippen LogP contribution in [0.25, 0.3) is 11.8 Å². The van der Waals surface area contributed by atoms with E-state index >= 15 is 0 Å². The van der Waals surface area contributed by atoms with E-state index in [0.29, 0.717) is 5.82 Å². The summed E-state index contributed by atoms with van der Waals surface area (Å²) in [5, 5.41) is 11.1. The minimum Gasteiger partial charge on any atom is -0.457 e. The predicted molar refractivity (Wildman–Crippen MR) is 90.0 cm³/mol. The highest BCUT2D eigenvalue weighted by Crippen LogP contribution is 2.14. The third-order valence-electron chi connectivity index (χ3n) is 2.91. The molecule has 0 saturated heterocycles. The Hall–Kier alpha value is -3.03. The van der Waals surface area contributed by atoms with Crippen LogP contribution in [0.1, 0.15) is 32.2 Å². The lowest BCUT2D eigenvalue weighted by atomic mass is 10.2. The molecule has 0 aliphatic carbocycles. The number of aromatic nitrogens is 4. The highest BCUT2D eigenvalue weighted by Gasteiger charge is 2.21. The Labute approximate surface area is 145 Å². The van der Waals surface area contributed by atoms with E-state index in [2.05, 4.69) is 15.5 Å². The van der Waals surface area contributed by atoms with Gasteiger partial charge in [-0.15, -0.1) is 5.10 Å². The molecule has 2 rings (SSSR count). The molecule has 8 heteroatoms. The van der Waals surface area contributed by atoms with Crippen molar-refractivity contribution >= 4 is 23.7 Å². The molecule has 0 spiro atoms. The summed E-state index contributed by atoms with van der Waals surface area (Å²) in [6.07, 6.45) is 1.58. The molecule has 1 aromatic carbocycles. The van der Waals surface area contributed by atoms with Crippen LogP contribution in [0, 0.1) is 6.92 Å². The number of carbonyl (C=O) groups is 2. The standard InChI is InChI=1S/C17H20N4O4/c1-12-18-19-20-21(12)14(10-13-8-6-5-7-9-13)16(23)24-11-15(22)25-17(2,3)4/h5-10H,11H2,1-4H3/b14-10-. The van der Waals surface area contributed by atoms with Crippen LogP contribution in [0.15, 0.2) is 30.3 Å². The van der Waals surface area contributed by atoms with Crippen LogP contribution in [-0.4, -0.2) is 44.4 Å². The largest absolute Gasteiger partial charge is 0.457 e. The van der Waals surface area contributed by atoms with Gasteiger partial charge in [0.15, 0.2) is 18.1 Å². The Morgan fingerprint density at radius 1 is 1.20 bits per heavy atom. The van der Waals surface area contributed by atoms with Crippen LogP contribution in [-0.2, 0) is 19.1 Å². The van der Waals surface area contributed by atoms with Crippen molar-refractivity contribution < 1.29 is 19.1 Å². The number of aryl methyl sites for hydroxylation is 1. The Balaban J connectivity index is 2.19. The minimum atomic E-state index is -0.731. The van der Waals surface area contributed by atoms with E-state index in [4.69, 9.17) is 9.47 Å². The Kier molecular flexibility index (Phi) is 5.63. The Bertz CT molecular complexity index is 775. The fourth-order valence-corrected chi connectivity index (χ4v) is 1.94. The Morgan fingerprint density at radius 3 is 2.44 bits per heavy atom. The molecule has 0 aliphatic heterocycles. The van der Waals surface area contributed by atoms with Gasteiger partial charge in [0.05, 0.1) is 0 Å². The van der Waals surface area contributed by atoms with Gasteiger partial charge < -0.3 is 9.47 Å². The first-order chi connectivity index (χ1) is 11.8. The highest BCUT2D eigenvalue weighted by molar-refractivity contribution is 6.15. The smallest absolute Gasteiger partial charge is 0.357 e. The van der Waals surface area contributed by atoms with Gasteiger partial charge in [-0.05, 0) is 49.8 Å². The molecule has 0 unspecified atom stereocenters. The molecule has 0 amide bonds. The number of rotatable bonds is 5. The van der Waals surface area contributed by atoms with Gasteiger partial charge in [0.2, 0.25) is 0 Å². The van der Waals surface area contributed by atoms with Gasteiger partial charge in [0.25, 0.3) is 0 Å². The molecule has 0 radical (unpaired) electrons. The number of carbonyl (C=O) groups excluding carboxylic acids is 2. The number of benzene rings is 1. The first-order valence-electron chi connectivity index (χ1n) is 7.67. The summed E-state index contributed by atoms with van der Waals surface area (Å²) in [5.74, 6) is -0.949. The average molecular weight is 344 g/mol. The van der Waals surface area contributed by atoms with Crippen molar-refractivity contribution in [1.82, 2.24) is 20.2 Å². The number of esters is 2. The monoisotopic (exact) mass is 344 g/mol. The molecule has 0 atom stereocenters. The topological polar surface area (TPSA) is 96.2 Å². The number of ether oxygens (including phenoxy) is 2. The second kappa shape index (κ2) is 7.69. The van der Waals surface area contributed by atoms with Gasteiger partial charge in [-0.25, -0.2) is 9.59 Å².